The van der Waals surface area contributed by atoms with Crippen LogP contribution in [0.25, 0.3) is 0 Å². The zero-order valence-corrected chi connectivity index (χ0v) is 15.8. The highest BCUT2D eigenvalue weighted by Gasteiger charge is 2.25. The molecule has 0 saturated carbocycles. The molecule has 0 aliphatic carbocycles. The summed E-state index contributed by atoms with van der Waals surface area (Å²) in [6, 6.07) is 16.0. The predicted octanol–water partition coefficient (Wildman–Crippen LogP) is 3.08. The molecule has 6 nitrogen and oxygen atoms in total. The van der Waals surface area contributed by atoms with Gasteiger partial charge in [0.15, 0.2) is 0 Å². The van der Waals surface area contributed by atoms with E-state index in [1.807, 2.05) is 37.3 Å². The fraction of sp³-hybridized carbons (Fsp3) is 0.222. The van der Waals surface area contributed by atoms with Gasteiger partial charge in [-0.05, 0) is 30.7 Å². The second-order valence-corrected chi connectivity index (χ2v) is 7.78. The van der Waals surface area contributed by atoms with Gasteiger partial charge in [0, 0.05) is 23.7 Å². The Hall–Kier alpha value is -2.38. The quantitative estimate of drug-likeness (QED) is 0.643. The molecule has 0 amide bonds. The molecule has 1 unspecified atom stereocenters. The van der Waals surface area contributed by atoms with E-state index in [1.54, 1.807) is 23.4 Å². The molecule has 1 atom stereocenters. The van der Waals surface area contributed by atoms with E-state index in [1.165, 1.54) is 12.1 Å². The first-order valence-electron chi connectivity index (χ1n) is 8.20. The number of nitrogens with one attached hydrogen (secondary N) is 1. The fourth-order valence-electron chi connectivity index (χ4n) is 2.60. The van der Waals surface area contributed by atoms with Crippen molar-refractivity contribution in [1.82, 2.24) is 10.3 Å². The molecule has 1 N–H and O–H groups in total. The molecule has 8 heteroatoms. The summed E-state index contributed by atoms with van der Waals surface area (Å²) in [5.74, 6) is 0.274. The van der Waals surface area contributed by atoms with Crippen LogP contribution < -0.4 is 5.32 Å². The number of hydrogen-bond acceptors (Lipinski definition) is 3. The van der Waals surface area contributed by atoms with Gasteiger partial charge in [0.1, 0.15) is 0 Å². The van der Waals surface area contributed by atoms with Crippen LogP contribution in [0.4, 0.5) is 0 Å². The SMILES string of the molecule is CCN/C(=N\S(=O)(=O)c1cccc(Cl)c1)N1CC(c2ccccc2)C=N1. The number of hydrazone groups is 1. The van der Waals surface area contributed by atoms with Crippen molar-refractivity contribution in [2.75, 3.05) is 13.1 Å². The Morgan fingerprint density at radius 2 is 2.04 bits per heavy atom. The van der Waals surface area contributed by atoms with Crippen molar-refractivity contribution in [3.05, 3.63) is 65.2 Å². The van der Waals surface area contributed by atoms with Crippen LogP contribution in [0, 0.1) is 0 Å². The lowest BCUT2D eigenvalue weighted by Gasteiger charge is -2.18. The molecule has 26 heavy (non-hydrogen) atoms. The van der Waals surface area contributed by atoms with Crippen molar-refractivity contribution in [2.45, 2.75) is 17.7 Å². The summed E-state index contributed by atoms with van der Waals surface area (Å²) >= 11 is 5.90. The zero-order valence-electron chi connectivity index (χ0n) is 14.2. The third kappa shape index (κ3) is 4.23. The molecule has 1 heterocycles. The van der Waals surface area contributed by atoms with Gasteiger partial charge in [-0.3, -0.25) is 0 Å². The first-order valence-corrected chi connectivity index (χ1v) is 10.0. The summed E-state index contributed by atoms with van der Waals surface area (Å²) in [5.41, 5.74) is 1.12. The van der Waals surface area contributed by atoms with Crippen LogP contribution >= 0.6 is 11.6 Å². The summed E-state index contributed by atoms with van der Waals surface area (Å²) in [7, 11) is -3.90. The molecule has 0 radical (unpaired) electrons. The van der Waals surface area contributed by atoms with Crippen molar-refractivity contribution >= 4 is 33.8 Å². The van der Waals surface area contributed by atoms with Crippen molar-refractivity contribution < 1.29 is 8.42 Å². The van der Waals surface area contributed by atoms with Crippen LogP contribution in [-0.4, -0.2) is 38.7 Å². The Morgan fingerprint density at radius 3 is 2.73 bits per heavy atom. The molecule has 1 aliphatic heterocycles. The Labute approximate surface area is 158 Å². The number of rotatable bonds is 4. The van der Waals surface area contributed by atoms with E-state index in [0.29, 0.717) is 18.1 Å². The number of hydrogen-bond donors (Lipinski definition) is 1. The van der Waals surface area contributed by atoms with Gasteiger partial charge in [-0.25, -0.2) is 5.01 Å². The van der Waals surface area contributed by atoms with Crippen LogP contribution in [0.15, 0.2) is 69.0 Å². The molecule has 3 rings (SSSR count). The average molecular weight is 391 g/mol. The van der Waals surface area contributed by atoms with Gasteiger partial charge in [-0.15, -0.1) is 4.40 Å². The van der Waals surface area contributed by atoms with Gasteiger partial charge in [-0.2, -0.15) is 13.5 Å². The molecular formula is C18H19ClN4O2S. The first-order chi connectivity index (χ1) is 12.5. The molecule has 0 aromatic heterocycles. The normalized spacial score (nSPS) is 17.5. The zero-order chi connectivity index (χ0) is 18.6. The van der Waals surface area contributed by atoms with Crippen molar-refractivity contribution in [1.29, 1.82) is 0 Å². The third-order valence-electron chi connectivity index (χ3n) is 3.86. The molecule has 2 aromatic carbocycles. The highest BCUT2D eigenvalue weighted by atomic mass is 35.5. The number of guanidine groups is 1. The number of benzene rings is 2. The number of halogens is 1. The first kappa shape index (κ1) is 18.4. The van der Waals surface area contributed by atoms with Gasteiger partial charge in [0.2, 0.25) is 5.96 Å². The molecule has 0 bridgehead atoms. The Bertz CT molecular complexity index is 929. The van der Waals surface area contributed by atoms with E-state index in [2.05, 4.69) is 14.8 Å². The van der Waals surface area contributed by atoms with E-state index in [4.69, 9.17) is 11.6 Å². The van der Waals surface area contributed by atoms with E-state index in [0.717, 1.165) is 5.56 Å². The van der Waals surface area contributed by atoms with Crippen LogP contribution in [-0.2, 0) is 10.0 Å². The lowest BCUT2D eigenvalue weighted by Crippen LogP contribution is -2.38. The third-order valence-corrected chi connectivity index (χ3v) is 5.36. The predicted molar refractivity (Wildman–Crippen MR) is 104 cm³/mol. The molecule has 0 spiro atoms. The highest BCUT2D eigenvalue weighted by Crippen LogP contribution is 2.22. The van der Waals surface area contributed by atoms with Crippen LogP contribution in [0.1, 0.15) is 18.4 Å². The largest absolute Gasteiger partial charge is 0.354 e. The summed E-state index contributed by atoms with van der Waals surface area (Å²) in [6.07, 6.45) is 1.80. The highest BCUT2D eigenvalue weighted by molar-refractivity contribution is 7.90. The van der Waals surface area contributed by atoms with Gasteiger partial charge in [-0.1, -0.05) is 48.0 Å². The fourth-order valence-corrected chi connectivity index (χ4v) is 3.87. The minimum Gasteiger partial charge on any atom is -0.354 e. The lowest BCUT2D eigenvalue weighted by molar-refractivity contribution is 0.457. The van der Waals surface area contributed by atoms with Crippen molar-refractivity contribution in [2.24, 2.45) is 9.50 Å². The summed E-state index contributed by atoms with van der Waals surface area (Å²) in [5, 5.41) is 9.23. The van der Waals surface area contributed by atoms with E-state index in [9.17, 15) is 8.42 Å². The molecule has 0 fully saturated rings. The van der Waals surface area contributed by atoms with Gasteiger partial charge in [0.25, 0.3) is 10.0 Å². The number of sulfonamides is 1. The molecule has 2 aromatic rings. The van der Waals surface area contributed by atoms with E-state index in [-0.39, 0.29) is 16.8 Å². The lowest BCUT2D eigenvalue weighted by atomic mass is 10.0. The minimum atomic E-state index is -3.90. The maximum atomic E-state index is 12.6. The second-order valence-electron chi connectivity index (χ2n) is 5.74. The Kier molecular flexibility index (Phi) is 5.58. The van der Waals surface area contributed by atoms with Gasteiger partial charge >= 0.3 is 0 Å². The van der Waals surface area contributed by atoms with E-state index >= 15 is 0 Å². The topological polar surface area (TPSA) is 74.1 Å². The van der Waals surface area contributed by atoms with Crippen molar-refractivity contribution in [3.63, 3.8) is 0 Å². The monoisotopic (exact) mass is 390 g/mol. The van der Waals surface area contributed by atoms with Crippen LogP contribution in [0.5, 0.6) is 0 Å². The Morgan fingerprint density at radius 1 is 1.27 bits per heavy atom. The number of nitrogens with zero attached hydrogens (tertiary/aromatic N) is 3. The smallest absolute Gasteiger partial charge is 0.285 e. The van der Waals surface area contributed by atoms with Gasteiger partial charge in [0.05, 0.1) is 11.4 Å². The van der Waals surface area contributed by atoms with Crippen LogP contribution in [0.3, 0.4) is 0 Å². The summed E-state index contributed by atoms with van der Waals surface area (Å²) in [6.45, 7) is 2.91. The van der Waals surface area contributed by atoms with Gasteiger partial charge < -0.3 is 5.32 Å². The molecule has 0 saturated heterocycles. The van der Waals surface area contributed by atoms with E-state index < -0.39 is 10.0 Å². The minimum absolute atomic E-state index is 0.0446. The average Bonchev–Trinajstić information content (AvgIpc) is 3.12. The Balaban J connectivity index is 1.86. The molecule has 1 aliphatic rings. The summed E-state index contributed by atoms with van der Waals surface area (Å²) in [4.78, 5) is 0.0446. The van der Waals surface area contributed by atoms with Crippen molar-refractivity contribution in [3.8, 4) is 0 Å². The standard InChI is InChI=1S/C18H19ClN4O2S/c1-2-20-18(22-26(24,25)17-10-6-9-16(19)11-17)23-13-15(12-21-23)14-7-4-3-5-8-14/h3-12,15H,2,13H2,1H3,(H,20,22). The summed E-state index contributed by atoms with van der Waals surface area (Å²) < 4.78 is 29.2. The second kappa shape index (κ2) is 7.88. The molecule has 136 valence electrons. The van der Waals surface area contributed by atoms with Crippen LogP contribution in [0.2, 0.25) is 5.02 Å². The molecular weight excluding hydrogens is 372 g/mol. The maximum Gasteiger partial charge on any atom is 0.285 e. The maximum absolute atomic E-state index is 12.6.